The fraction of sp³-hybridized carbons (Fsp3) is 0.643. The van der Waals surface area contributed by atoms with E-state index in [2.05, 4.69) is 5.16 Å². The molecular weight excluding hydrogens is 258 g/mol. The highest BCUT2D eigenvalue weighted by molar-refractivity contribution is 5.98. The van der Waals surface area contributed by atoms with E-state index in [1.165, 1.54) is 4.90 Å². The Morgan fingerprint density at radius 3 is 2.40 bits per heavy atom. The molecule has 0 spiro atoms. The lowest BCUT2D eigenvalue weighted by atomic mass is 9.90. The van der Waals surface area contributed by atoms with E-state index in [1.807, 2.05) is 26.8 Å². The normalized spacial score (nSPS) is 26.9. The van der Waals surface area contributed by atoms with Gasteiger partial charge in [-0.25, -0.2) is 0 Å². The van der Waals surface area contributed by atoms with E-state index in [1.54, 1.807) is 13.8 Å². The summed E-state index contributed by atoms with van der Waals surface area (Å²) in [6.45, 7) is 9.24. The van der Waals surface area contributed by atoms with Crippen molar-refractivity contribution in [2.24, 2.45) is 11.8 Å². The molecule has 3 atom stereocenters. The lowest BCUT2D eigenvalue weighted by molar-refractivity contribution is -0.120. The number of anilines is 1. The van der Waals surface area contributed by atoms with Crippen molar-refractivity contribution in [2.75, 3.05) is 4.90 Å². The van der Waals surface area contributed by atoms with Crippen molar-refractivity contribution in [3.05, 3.63) is 11.3 Å². The van der Waals surface area contributed by atoms with Crippen LogP contribution in [0.15, 0.2) is 4.52 Å². The topological polar surface area (TPSA) is 90.4 Å². The standard InChI is InChI=1S/C14H19N3O3/c1-7-8(2)13(19)17(12(7)18)11-9(6-15)10(20-16-11)14(3,4)5/h7-8,12,18H,1-5H3/t7-,8-,12?/m1/s1. The number of nitrogens with zero attached hydrogens (tertiary/aromatic N) is 3. The average molecular weight is 277 g/mol. The van der Waals surface area contributed by atoms with Crippen LogP contribution in [0.3, 0.4) is 0 Å². The third-order valence-electron chi connectivity index (χ3n) is 3.85. The Morgan fingerprint density at radius 1 is 1.40 bits per heavy atom. The van der Waals surface area contributed by atoms with E-state index in [9.17, 15) is 15.2 Å². The van der Waals surface area contributed by atoms with Crippen molar-refractivity contribution in [1.82, 2.24) is 5.16 Å². The van der Waals surface area contributed by atoms with Gasteiger partial charge in [-0.3, -0.25) is 9.69 Å². The third-order valence-corrected chi connectivity index (χ3v) is 3.85. The molecule has 1 amide bonds. The fourth-order valence-corrected chi connectivity index (χ4v) is 2.36. The average Bonchev–Trinajstić information content (AvgIpc) is 2.86. The van der Waals surface area contributed by atoms with Crippen LogP contribution in [0.5, 0.6) is 0 Å². The maximum absolute atomic E-state index is 12.2. The summed E-state index contributed by atoms with van der Waals surface area (Å²) in [5.74, 6) is -0.237. The third kappa shape index (κ3) is 1.98. The van der Waals surface area contributed by atoms with Crippen LogP contribution in [-0.4, -0.2) is 22.4 Å². The molecule has 0 aromatic carbocycles. The van der Waals surface area contributed by atoms with Gasteiger partial charge in [-0.15, -0.1) is 0 Å². The monoisotopic (exact) mass is 277 g/mol. The Bertz CT molecular complexity index is 579. The summed E-state index contributed by atoms with van der Waals surface area (Å²) < 4.78 is 5.25. The number of amides is 1. The molecule has 1 unspecified atom stereocenters. The van der Waals surface area contributed by atoms with Gasteiger partial charge < -0.3 is 9.63 Å². The molecule has 1 aliphatic heterocycles. The molecule has 1 aliphatic rings. The highest BCUT2D eigenvalue weighted by Crippen LogP contribution is 2.37. The Labute approximate surface area is 118 Å². The first-order valence-electron chi connectivity index (χ1n) is 6.61. The van der Waals surface area contributed by atoms with Gasteiger partial charge in [0.15, 0.2) is 11.6 Å². The largest absolute Gasteiger partial charge is 0.373 e. The number of nitriles is 1. The molecule has 2 heterocycles. The minimum Gasteiger partial charge on any atom is -0.373 e. The zero-order valence-corrected chi connectivity index (χ0v) is 12.3. The van der Waals surface area contributed by atoms with Crippen LogP contribution < -0.4 is 4.90 Å². The molecule has 0 bridgehead atoms. The molecule has 1 fully saturated rings. The van der Waals surface area contributed by atoms with Gasteiger partial charge in [-0.05, 0) is 0 Å². The van der Waals surface area contributed by atoms with Gasteiger partial charge >= 0.3 is 0 Å². The van der Waals surface area contributed by atoms with Crippen molar-refractivity contribution < 1.29 is 14.4 Å². The molecule has 6 nitrogen and oxygen atoms in total. The van der Waals surface area contributed by atoms with Gasteiger partial charge in [-0.2, -0.15) is 5.26 Å². The fourth-order valence-electron chi connectivity index (χ4n) is 2.36. The highest BCUT2D eigenvalue weighted by Gasteiger charge is 2.46. The summed E-state index contributed by atoms with van der Waals surface area (Å²) in [6, 6.07) is 2.04. The van der Waals surface area contributed by atoms with E-state index in [-0.39, 0.29) is 29.1 Å². The van der Waals surface area contributed by atoms with Crippen LogP contribution in [0.1, 0.15) is 45.9 Å². The lowest BCUT2D eigenvalue weighted by Gasteiger charge is -2.19. The minimum absolute atomic E-state index is 0.117. The van der Waals surface area contributed by atoms with E-state index in [4.69, 9.17) is 4.52 Å². The zero-order valence-electron chi connectivity index (χ0n) is 12.3. The van der Waals surface area contributed by atoms with Crippen molar-refractivity contribution in [2.45, 2.75) is 46.3 Å². The Morgan fingerprint density at radius 2 is 2.00 bits per heavy atom. The summed E-state index contributed by atoms with van der Waals surface area (Å²) in [6.07, 6.45) is -0.984. The molecule has 0 saturated carbocycles. The molecular formula is C14H19N3O3. The molecule has 6 heteroatoms. The second-order valence-corrected chi connectivity index (χ2v) is 6.34. The van der Waals surface area contributed by atoms with Crippen molar-refractivity contribution in [3.8, 4) is 6.07 Å². The summed E-state index contributed by atoms with van der Waals surface area (Å²) in [5.41, 5.74) is -0.187. The summed E-state index contributed by atoms with van der Waals surface area (Å²) in [4.78, 5) is 13.4. The van der Waals surface area contributed by atoms with Crippen LogP contribution >= 0.6 is 0 Å². The van der Waals surface area contributed by atoms with Crippen LogP contribution in [-0.2, 0) is 10.2 Å². The van der Waals surface area contributed by atoms with Gasteiger partial charge in [0.25, 0.3) is 0 Å². The summed E-state index contributed by atoms with van der Waals surface area (Å²) in [5, 5.41) is 23.4. The number of carbonyl (C=O) groups is 1. The smallest absolute Gasteiger partial charge is 0.233 e. The van der Waals surface area contributed by atoms with Crippen LogP contribution in [0.25, 0.3) is 0 Å². The van der Waals surface area contributed by atoms with Crippen LogP contribution in [0.4, 0.5) is 5.82 Å². The number of rotatable bonds is 1. The summed E-state index contributed by atoms with van der Waals surface area (Å²) in [7, 11) is 0. The van der Waals surface area contributed by atoms with Crippen LogP contribution in [0.2, 0.25) is 0 Å². The molecule has 1 aromatic heterocycles. The van der Waals surface area contributed by atoms with E-state index >= 15 is 0 Å². The maximum atomic E-state index is 12.2. The number of carbonyl (C=O) groups excluding carboxylic acids is 1. The Kier molecular flexibility index (Phi) is 3.34. The number of hydrogen-bond donors (Lipinski definition) is 1. The predicted molar refractivity (Wildman–Crippen MR) is 71.7 cm³/mol. The van der Waals surface area contributed by atoms with Crippen molar-refractivity contribution in [3.63, 3.8) is 0 Å². The van der Waals surface area contributed by atoms with E-state index in [0.717, 1.165) is 0 Å². The predicted octanol–water partition coefficient (Wildman–Crippen LogP) is 1.78. The number of aliphatic hydroxyl groups is 1. The van der Waals surface area contributed by atoms with Crippen molar-refractivity contribution in [1.29, 1.82) is 5.26 Å². The van der Waals surface area contributed by atoms with Gasteiger partial charge in [0, 0.05) is 17.3 Å². The first-order valence-corrected chi connectivity index (χ1v) is 6.61. The van der Waals surface area contributed by atoms with E-state index in [0.29, 0.717) is 5.76 Å². The first-order chi connectivity index (χ1) is 9.20. The second-order valence-electron chi connectivity index (χ2n) is 6.34. The number of aliphatic hydroxyl groups excluding tert-OH is 1. The zero-order chi connectivity index (χ0) is 15.2. The lowest BCUT2D eigenvalue weighted by Crippen LogP contribution is -2.35. The van der Waals surface area contributed by atoms with E-state index < -0.39 is 11.6 Å². The molecule has 20 heavy (non-hydrogen) atoms. The van der Waals surface area contributed by atoms with Gasteiger partial charge in [0.05, 0.1) is 0 Å². The molecule has 1 N–H and O–H groups in total. The molecule has 0 radical (unpaired) electrons. The molecule has 1 saturated heterocycles. The molecule has 108 valence electrons. The first kappa shape index (κ1) is 14.5. The van der Waals surface area contributed by atoms with Gasteiger partial charge in [0.1, 0.15) is 17.9 Å². The minimum atomic E-state index is -0.984. The molecule has 0 aliphatic carbocycles. The Hall–Kier alpha value is -1.87. The summed E-state index contributed by atoms with van der Waals surface area (Å²) >= 11 is 0. The molecule has 1 aromatic rings. The van der Waals surface area contributed by atoms with Gasteiger partial charge in [0.2, 0.25) is 5.91 Å². The van der Waals surface area contributed by atoms with Crippen molar-refractivity contribution >= 4 is 11.7 Å². The second kappa shape index (κ2) is 4.60. The molecule has 2 rings (SSSR count). The SMILES string of the molecule is C[C@H]1C(=O)N(c2noc(C(C)(C)C)c2C#N)C(O)[C@@H]1C. The number of aromatic nitrogens is 1. The Balaban J connectivity index is 2.53. The maximum Gasteiger partial charge on any atom is 0.233 e. The van der Waals surface area contributed by atoms with Gasteiger partial charge in [-0.1, -0.05) is 39.8 Å². The quantitative estimate of drug-likeness (QED) is 0.845. The highest BCUT2D eigenvalue weighted by atomic mass is 16.5. The number of hydrogen-bond acceptors (Lipinski definition) is 5. The van der Waals surface area contributed by atoms with Crippen LogP contribution in [0, 0.1) is 23.2 Å².